The Morgan fingerprint density at radius 1 is 1.18 bits per heavy atom. The van der Waals surface area contributed by atoms with Crippen LogP contribution in [0.4, 0.5) is 5.69 Å². The van der Waals surface area contributed by atoms with Crippen LogP contribution < -0.4 is 15.5 Å². The van der Waals surface area contributed by atoms with Crippen molar-refractivity contribution in [2.45, 2.75) is 0 Å². The standard InChI is InChI=1S/C14H16N4O4/c19-8-16-9-22-18-13(20)11-2-1-10(7-12(11)14(18)21)17-5-3-15-4-6-17/h1-2,7-8,15H,3-6,9H2,(H,16,19). The van der Waals surface area contributed by atoms with E-state index in [-0.39, 0.29) is 6.73 Å². The van der Waals surface area contributed by atoms with E-state index in [0.717, 1.165) is 31.9 Å². The average molecular weight is 304 g/mol. The number of amides is 3. The second kappa shape index (κ2) is 6.12. The highest BCUT2D eigenvalue weighted by molar-refractivity contribution is 6.20. The molecule has 2 aliphatic heterocycles. The summed E-state index contributed by atoms with van der Waals surface area (Å²) >= 11 is 0. The van der Waals surface area contributed by atoms with Crippen LogP contribution in [0.1, 0.15) is 20.7 Å². The molecule has 0 aromatic heterocycles. The van der Waals surface area contributed by atoms with E-state index in [1.54, 1.807) is 12.1 Å². The van der Waals surface area contributed by atoms with Gasteiger partial charge in [-0.15, -0.1) is 5.06 Å². The van der Waals surface area contributed by atoms with Gasteiger partial charge in [0.05, 0.1) is 11.1 Å². The molecule has 0 atom stereocenters. The van der Waals surface area contributed by atoms with Crippen molar-refractivity contribution < 1.29 is 19.2 Å². The van der Waals surface area contributed by atoms with Crippen molar-refractivity contribution in [2.24, 2.45) is 0 Å². The zero-order chi connectivity index (χ0) is 15.5. The lowest BCUT2D eigenvalue weighted by Crippen LogP contribution is -2.43. The van der Waals surface area contributed by atoms with Gasteiger partial charge < -0.3 is 15.5 Å². The van der Waals surface area contributed by atoms with E-state index in [1.165, 1.54) is 0 Å². The highest BCUT2D eigenvalue weighted by Gasteiger charge is 2.37. The van der Waals surface area contributed by atoms with E-state index in [9.17, 15) is 14.4 Å². The molecule has 0 radical (unpaired) electrons. The second-order valence-electron chi connectivity index (χ2n) is 4.97. The molecule has 3 rings (SSSR count). The summed E-state index contributed by atoms with van der Waals surface area (Å²) in [5.41, 5.74) is 1.55. The van der Waals surface area contributed by atoms with Gasteiger partial charge in [0.1, 0.15) is 6.73 Å². The van der Waals surface area contributed by atoms with E-state index >= 15 is 0 Å². The lowest BCUT2D eigenvalue weighted by atomic mass is 10.1. The maximum atomic E-state index is 12.3. The molecule has 8 nitrogen and oxygen atoms in total. The first-order chi connectivity index (χ1) is 10.7. The van der Waals surface area contributed by atoms with Crippen molar-refractivity contribution in [3.8, 4) is 0 Å². The fraction of sp³-hybridized carbons (Fsp3) is 0.357. The van der Waals surface area contributed by atoms with E-state index < -0.39 is 11.8 Å². The van der Waals surface area contributed by atoms with Crippen molar-refractivity contribution >= 4 is 23.9 Å². The predicted octanol–water partition coefficient (Wildman–Crippen LogP) is -0.673. The molecule has 0 saturated carbocycles. The van der Waals surface area contributed by atoms with Crippen LogP contribution in [0.2, 0.25) is 0 Å². The van der Waals surface area contributed by atoms with Crippen molar-refractivity contribution in [1.82, 2.24) is 15.7 Å². The zero-order valence-electron chi connectivity index (χ0n) is 11.9. The third-order valence-corrected chi connectivity index (χ3v) is 3.68. The van der Waals surface area contributed by atoms with Gasteiger partial charge in [-0.25, -0.2) is 4.84 Å². The van der Waals surface area contributed by atoms with Gasteiger partial charge in [-0.3, -0.25) is 14.4 Å². The highest BCUT2D eigenvalue weighted by Crippen LogP contribution is 2.27. The minimum absolute atomic E-state index is 0.236. The predicted molar refractivity (Wildman–Crippen MR) is 77.2 cm³/mol. The lowest BCUT2D eigenvalue weighted by molar-refractivity contribution is -0.120. The molecular weight excluding hydrogens is 288 g/mol. The van der Waals surface area contributed by atoms with Gasteiger partial charge >= 0.3 is 0 Å². The summed E-state index contributed by atoms with van der Waals surface area (Å²) in [5.74, 6) is -1.02. The molecule has 22 heavy (non-hydrogen) atoms. The van der Waals surface area contributed by atoms with Crippen LogP contribution >= 0.6 is 0 Å². The van der Waals surface area contributed by atoms with Gasteiger partial charge in [-0.1, -0.05) is 0 Å². The molecular formula is C14H16N4O4. The van der Waals surface area contributed by atoms with Crippen LogP contribution in [0.15, 0.2) is 18.2 Å². The molecule has 0 unspecified atom stereocenters. The summed E-state index contributed by atoms with van der Waals surface area (Å²) in [4.78, 5) is 41.8. The Balaban J connectivity index is 1.80. The number of carbonyl (C=O) groups is 3. The third-order valence-electron chi connectivity index (χ3n) is 3.68. The molecule has 8 heteroatoms. The van der Waals surface area contributed by atoms with Crippen molar-refractivity contribution in [2.75, 3.05) is 37.8 Å². The van der Waals surface area contributed by atoms with Crippen LogP contribution in [0.25, 0.3) is 0 Å². The molecule has 2 aliphatic rings. The number of nitrogens with zero attached hydrogens (tertiary/aromatic N) is 2. The molecule has 1 saturated heterocycles. The van der Waals surface area contributed by atoms with E-state index in [4.69, 9.17) is 4.84 Å². The van der Waals surface area contributed by atoms with Gasteiger partial charge in [-0.2, -0.15) is 0 Å². The largest absolute Gasteiger partial charge is 0.369 e. The van der Waals surface area contributed by atoms with Crippen molar-refractivity contribution in [1.29, 1.82) is 0 Å². The summed E-state index contributed by atoms with van der Waals surface area (Å²) in [6, 6.07) is 5.20. The van der Waals surface area contributed by atoms with Crippen molar-refractivity contribution in [3.63, 3.8) is 0 Å². The fourth-order valence-corrected chi connectivity index (χ4v) is 2.58. The van der Waals surface area contributed by atoms with Crippen molar-refractivity contribution in [3.05, 3.63) is 29.3 Å². The number of anilines is 1. The Labute approximate surface area is 127 Å². The number of rotatable bonds is 5. The number of benzene rings is 1. The Morgan fingerprint density at radius 3 is 2.64 bits per heavy atom. The van der Waals surface area contributed by atoms with Crippen LogP contribution in [0, 0.1) is 0 Å². The Kier molecular flexibility index (Phi) is 4.03. The quantitative estimate of drug-likeness (QED) is 0.324. The van der Waals surface area contributed by atoms with E-state index in [1.807, 2.05) is 6.07 Å². The Morgan fingerprint density at radius 2 is 1.91 bits per heavy atom. The van der Waals surface area contributed by atoms with Crippen LogP contribution in [-0.4, -0.2) is 56.2 Å². The molecule has 0 bridgehead atoms. The van der Waals surface area contributed by atoms with Gasteiger partial charge in [0, 0.05) is 31.9 Å². The molecule has 3 amide bonds. The number of hydrogen-bond donors (Lipinski definition) is 2. The minimum atomic E-state index is -0.514. The van der Waals surface area contributed by atoms with E-state index in [0.29, 0.717) is 22.6 Å². The van der Waals surface area contributed by atoms with Crippen LogP contribution in [-0.2, 0) is 9.63 Å². The average Bonchev–Trinajstić information content (AvgIpc) is 2.80. The first-order valence-electron chi connectivity index (χ1n) is 7.01. The summed E-state index contributed by atoms with van der Waals surface area (Å²) in [6.07, 6.45) is 0.431. The molecule has 1 aromatic rings. The number of fused-ring (bicyclic) bond motifs is 1. The summed E-state index contributed by atoms with van der Waals surface area (Å²) in [5, 5.41) is 6.19. The number of hydroxylamine groups is 2. The summed E-state index contributed by atoms with van der Waals surface area (Å²) in [7, 11) is 0. The van der Waals surface area contributed by atoms with Crippen LogP contribution in [0.5, 0.6) is 0 Å². The number of nitrogens with one attached hydrogen (secondary N) is 2. The summed E-state index contributed by atoms with van der Waals surface area (Å²) < 4.78 is 0. The SMILES string of the molecule is O=CNCON1C(=O)c2ccc(N3CCNCC3)cc2C1=O. The molecule has 116 valence electrons. The smallest absolute Gasteiger partial charge is 0.286 e. The minimum Gasteiger partial charge on any atom is -0.369 e. The number of carbonyl (C=O) groups excluding carboxylic acids is 3. The number of imide groups is 1. The molecule has 0 aliphatic carbocycles. The monoisotopic (exact) mass is 304 g/mol. The topological polar surface area (TPSA) is 91.0 Å². The second-order valence-corrected chi connectivity index (χ2v) is 4.97. The van der Waals surface area contributed by atoms with Crippen LogP contribution in [0.3, 0.4) is 0 Å². The maximum Gasteiger partial charge on any atom is 0.286 e. The summed E-state index contributed by atoms with van der Waals surface area (Å²) in [6.45, 7) is 3.24. The maximum absolute atomic E-state index is 12.3. The first-order valence-corrected chi connectivity index (χ1v) is 7.01. The molecule has 0 spiro atoms. The molecule has 2 N–H and O–H groups in total. The zero-order valence-corrected chi connectivity index (χ0v) is 11.9. The first kappa shape index (κ1) is 14.5. The normalized spacial score (nSPS) is 17.6. The fourth-order valence-electron chi connectivity index (χ4n) is 2.58. The molecule has 2 heterocycles. The number of piperazine rings is 1. The number of hydrogen-bond acceptors (Lipinski definition) is 6. The Bertz CT molecular complexity index is 613. The highest BCUT2D eigenvalue weighted by atomic mass is 16.7. The molecule has 1 fully saturated rings. The van der Waals surface area contributed by atoms with Gasteiger partial charge in [0.2, 0.25) is 6.41 Å². The van der Waals surface area contributed by atoms with E-state index in [2.05, 4.69) is 15.5 Å². The van der Waals surface area contributed by atoms with Gasteiger partial charge in [0.15, 0.2) is 0 Å². The molecule has 1 aromatic carbocycles. The third kappa shape index (κ3) is 2.53. The Hall–Kier alpha value is -2.45. The van der Waals surface area contributed by atoms with Gasteiger partial charge in [0.25, 0.3) is 11.8 Å². The lowest BCUT2D eigenvalue weighted by Gasteiger charge is -2.29. The van der Waals surface area contributed by atoms with Gasteiger partial charge in [-0.05, 0) is 18.2 Å².